The topological polar surface area (TPSA) is 55.1 Å². The molecular formula is C13H17F3N2O. The Hall–Kier alpha value is -1.56. The molecule has 19 heavy (non-hydrogen) atoms. The van der Waals surface area contributed by atoms with E-state index in [9.17, 15) is 18.0 Å². The van der Waals surface area contributed by atoms with Gasteiger partial charge in [-0.25, -0.2) is 0 Å². The maximum atomic E-state index is 12.1. The molecule has 0 saturated heterocycles. The summed E-state index contributed by atoms with van der Waals surface area (Å²) in [5.41, 5.74) is 5.70. The van der Waals surface area contributed by atoms with Crippen molar-refractivity contribution in [3.8, 4) is 0 Å². The Balaban J connectivity index is 2.60. The number of nitrogens with two attached hydrogens (primary N) is 1. The number of alkyl halides is 3. The van der Waals surface area contributed by atoms with Gasteiger partial charge in [-0.15, -0.1) is 0 Å². The van der Waals surface area contributed by atoms with Crippen LogP contribution in [-0.4, -0.2) is 17.6 Å². The minimum absolute atomic E-state index is 0.0693. The molecule has 3 nitrogen and oxygen atoms in total. The second-order valence-electron chi connectivity index (χ2n) is 4.99. The van der Waals surface area contributed by atoms with E-state index in [1.807, 2.05) is 0 Å². The van der Waals surface area contributed by atoms with Crippen molar-refractivity contribution in [3.05, 3.63) is 29.8 Å². The first-order valence-corrected chi connectivity index (χ1v) is 5.84. The maximum absolute atomic E-state index is 12.1. The van der Waals surface area contributed by atoms with Gasteiger partial charge in [-0.05, 0) is 38.0 Å². The first-order chi connectivity index (χ1) is 8.58. The smallest absolute Gasteiger partial charge is 0.325 e. The molecule has 0 atom stereocenters. The van der Waals surface area contributed by atoms with Gasteiger partial charge in [-0.1, -0.05) is 12.1 Å². The van der Waals surface area contributed by atoms with Crippen molar-refractivity contribution >= 4 is 11.6 Å². The van der Waals surface area contributed by atoms with Crippen LogP contribution in [0.1, 0.15) is 25.8 Å². The van der Waals surface area contributed by atoms with Crippen molar-refractivity contribution in [2.75, 3.05) is 5.32 Å². The second kappa shape index (κ2) is 5.61. The van der Waals surface area contributed by atoms with Gasteiger partial charge in [0.15, 0.2) is 0 Å². The van der Waals surface area contributed by atoms with Crippen LogP contribution in [0, 0.1) is 0 Å². The predicted molar refractivity (Wildman–Crippen MR) is 67.7 cm³/mol. The lowest BCUT2D eigenvalue weighted by Crippen LogP contribution is -2.45. The molecule has 0 spiro atoms. The summed E-state index contributed by atoms with van der Waals surface area (Å²) < 4.78 is 36.2. The third-order valence-electron chi connectivity index (χ3n) is 2.49. The summed E-state index contributed by atoms with van der Waals surface area (Å²) >= 11 is 0. The Morgan fingerprint density at radius 1 is 1.21 bits per heavy atom. The van der Waals surface area contributed by atoms with Crippen LogP contribution in [0.5, 0.6) is 0 Å². The Morgan fingerprint density at radius 3 is 2.16 bits per heavy atom. The monoisotopic (exact) mass is 274 g/mol. The van der Waals surface area contributed by atoms with Gasteiger partial charge in [0.25, 0.3) is 0 Å². The van der Waals surface area contributed by atoms with Gasteiger partial charge in [0.1, 0.15) is 0 Å². The number of halogens is 3. The highest BCUT2D eigenvalue weighted by Crippen LogP contribution is 2.22. The Labute approximate surface area is 110 Å². The molecule has 1 aromatic carbocycles. The van der Waals surface area contributed by atoms with E-state index < -0.39 is 18.1 Å². The van der Waals surface area contributed by atoms with E-state index in [-0.39, 0.29) is 12.3 Å². The van der Waals surface area contributed by atoms with Gasteiger partial charge in [0.05, 0.1) is 5.54 Å². The van der Waals surface area contributed by atoms with Crippen molar-refractivity contribution in [1.82, 2.24) is 0 Å². The molecular weight excluding hydrogens is 257 g/mol. The number of anilines is 1. The Bertz CT molecular complexity index is 433. The van der Waals surface area contributed by atoms with Gasteiger partial charge < -0.3 is 11.1 Å². The van der Waals surface area contributed by atoms with Crippen LogP contribution in [0.3, 0.4) is 0 Å². The van der Waals surface area contributed by atoms with Crippen molar-refractivity contribution in [3.63, 3.8) is 0 Å². The van der Waals surface area contributed by atoms with Crippen molar-refractivity contribution in [2.24, 2.45) is 5.73 Å². The fourth-order valence-electron chi connectivity index (χ4n) is 1.33. The summed E-state index contributed by atoms with van der Waals surface area (Å²) in [6, 6.07) is 6.25. The van der Waals surface area contributed by atoms with Gasteiger partial charge in [-0.2, -0.15) is 13.2 Å². The number of amides is 1. The van der Waals surface area contributed by atoms with E-state index in [1.165, 1.54) is 0 Å². The van der Waals surface area contributed by atoms with Crippen LogP contribution < -0.4 is 11.1 Å². The predicted octanol–water partition coefficient (Wildman–Crippen LogP) is 2.86. The summed E-state index contributed by atoms with van der Waals surface area (Å²) in [6.45, 7) is 3.14. The number of carbonyl (C=O) groups excluding carboxylic acids is 1. The number of hydrogen-bond acceptors (Lipinski definition) is 2. The van der Waals surface area contributed by atoms with E-state index >= 15 is 0 Å². The zero-order valence-corrected chi connectivity index (χ0v) is 10.8. The molecule has 0 fully saturated rings. The molecule has 3 N–H and O–H groups in total. The van der Waals surface area contributed by atoms with Crippen LogP contribution in [-0.2, 0) is 11.2 Å². The molecule has 106 valence electrons. The highest BCUT2D eigenvalue weighted by Gasteiger charge is 2.26. The zero-order valence-electron chi connectivity index (χ0n) is 10.8. The third kappa shape index (κ3) is 5.74. The summed E-state index contributed by atoms with van der Waals surface area (Å²) in [5, 5.41) is 2.60. The molecule has 0 heterocycles. The van der Waals surface area contributed by atoms with E-state index in [1.54, 1.807) is 38.1 Å². The van der Waals surface area contributed by atoms with E-state index in [0.717, 1.165) is 0 Å². The Morgan fingerprint density at radius 2 is 1.74 bits per heavy atom. The highest BCUT2D eigenvalue weighted by atomic mass is 19.4. The fraction of sp³-hybridized carbons (Fsp3) is 0.462. The van der Waals surface area contributed by atoms with Crippen molar-refractivity contribution in [1.29, 1.82) is 0 Å². The lowest BCUT2D eigenvalue weighted by molar-refractivity contribution is -0.134. The number of carbonyl (C=O) groups is 1. The summed E-state index contributed by atoms with van der Waals surface area (Å²) in [6.07, 6.45) is -5.08. The molecule has 1 rings (SSSR count). The van der Waals surface area contributed by atoms with Crippen molar-refractivity contribution < 1.29 is 18.0 Å². The average molecular weight is 274 g/mol. The molecule has 0 aliphatic rings. The second-order valence-corrected chi connectivity index (χ2v) is 4.99. The minimum atomic E-state index is -4.16. The summed E-state index contributed by atoms with van der Waals surface area (Å²) in [4.78, 5) is 11.6. The van der Waals surface area contributed by atoms with Gasteiger partial charge in [0, 0.05) is 12.1 Å². The largest absolute Gasteiger partial charge is 0.389 e. The first-order valence-electron chi connectivity index (χ1n) is 5.84. The standard InChI is InChI=1S/C13H17F3N2O/c1-12(2,17)11(19)18-10-5-3-9(4-6-10)7-8-13(14,15)16/h3-6H,7-8,17H2,1-2H3,(H,18,19). The lowest BCUT2D eigenvalue weighted by atomic mass is 10.1. The quantitative estimate of drug-likeness (QED) is 0.887. The normalized spacial score (nSPS) is 12.3. The van der Waals surface area contributed by atoms with Crippen LogP contribution >= 0.6 is 0 Å². The zero-order chi connectivity index (χ0) is 14.7. The van der Waals surface area contributed by atoms with Crippen LogP contribution in [0.25, 0.3) is 0 Å². The fourth-order valence-corrected chi connectivity index (χ4v) is 1.33. The molecule has 6 heteroatoms. The Kier molecular flexibility index (Phi) is 4.57. The molecule has 0 saturated carbocycles. The molecule has 0 unspecified atom stereocenters. The summed E-state index contributed by atoms with van der Waals surface area (Å²) in [7, 11) is 0. The molecule has 0 aliphatic carbocycles. The van der Waals surface area contributed by atoms with Crippen molar-refractivity contribution in [2.45, 2.75) is 38.4 Å². The van der Waals surface area contributed by atoms with Gasteiger partial charge >= 0.3 is 6.18 Å². The third-order valence-corrected chi connectivity index (χ3v) is 2.49. The SMILES string of the molecule is CC(C)(N)C(=O)Nc1ccc(CCC(F)(F)F)cc1. The van der Waals surface area contributed by atoms with Crippen LogP contribution in [0.15, 0.2) is 24.3 Å². The average Bonchev–Trinajstić information content (AvgIpc) is 2.26. The van der Waals surface area contributed by atoms with E-state index in [4.69, 9.17) is 5.73 Å². The van der Waals surface area contributed by atoms with Gasteiger partial charge in [-0.3, -0.25) is 4.79 Å². The maximum Gasteiger partial charge on any atom is 0.389 e. The van der Waals surface area contributed by atoms with E-state index in [0.29, 0.717) is 11.3 Å². The van der Waals surface area contributed by atoms with E-state index in [2.05, 4.69) is 5.32 Å². The molecule has 0 bridgehead atoms. The molecule has 1 amide bonds. The molecule has 0 aliphatic heterocycles. The van der Waals surface area contributed by atoms with Gasteiger partial charge in [0.2, 0.25) is 5.91 Å². The number of rotatable bonds is 4. The molecule has 1 aromatic rings. The van der Waals surface area contributed by atoms with Crippen LogP contribution in [0.4, 0.5) is 18.9 Å². The highest BCUT2D eigenvalue weighted by molar-refractivity contribution is 5.97. The molecule has 0 aromatic heterocycles. The minimum Gasteiger partial charge on any atom is -0.325 e. The number of nitrogens with one attached hydrogen (secondary N) is 1. The van der Waals surface area contributed by atoms with Crippen LogP contribution in [0.2, 0.25) is 0 Å². The molecule has 0 radical (unpaired) electrons. The summed E-state index contributed by atoms with van der Waals surface area (Å²) in [5.74, 6) is -0.351. The number of aryl methyl sites for hydroxylation is 1. The lowest BCUT2D eigenvalue weighted by Gasteiger charge is -2.17. The first kappa shape index (κ1) is 15.5. The number of benzene rings is 1. The number of hydrogen-bond donors (Lipinski definition) is 2.